The van der Waals surface area contributed by atoms with Gasteiger partial charge in [0.25, 0.3) is 0 Å². The number of rotatable bonds is 7. The summed E-state index contributed by atoms with van der Waals surface area (Å²) in [6.45, 7) is 6.28. The fourth-order valence-corrected chi connectivity index (χ4v) is 1.94. The highest BCUT2D eigenvalue weighted by Gasteiger charge is 2.10. The van der Waals surface area contributed by atoms with Crippen molar-refractivity contribution in [3.63, 3.8) is 0 Å². The van der Waals surface area contributed by atoms with E-state index in [4.69, 9.17) is 32.7 Å². The second-order valence-corrected chi connectivity index (χ2v) is 4.25. The van der Waals surface area contributed by atoms with E-state index in [1.54, 1.807) is 6.07 Å². The van der Waals surface area contributed by atoms with Gasteiger partial charge in [-0.2, -0.15) is 0 Å². The summed E-state index contributed by atoms with van der Waals surface area (Å²) < 4.78 is 10.7. The van der Waals surface area contributed by atoms with Gasteiger partial charge in [0.2, 0.25) is 0 Å². The van der Waals surface area contributed by atoms with Gasteiger partial charge in [-0.05, 0) is 25.6 Å². The van der Waals surface area contributed by atoms with Gasteiger partial charge >= 0.3 is 0 Å². The van der Waals surface area contributed by atoms with Crippen LogP contribution in [0.5, 0.6) is 5.75 Å². The van der Waals surface area contributed by atoms with Crippen LogP contribution >= 0.6 is 23.2 Å². The summed E-state index contributed by atoms with van der Waals surface area (Å²) in [5.41, 5.74) is 0.934. The standard InChI is InChI=1S/C12H17Cl2NO2/c1-3-15-7-9-5-10(13)6-11(14)12(9)17-8-16-4-2/h5-6,15H,3-4,7-8H2,1-2H3. The third kappa shape index (κ3) is 4.72. The molecule has 0 saturated carbocycles. The molecule has 0 spiro atoms. The minimum atomic E-state index is 0.191. The smallest absolute Gasteiger partial charge is 0.189 e. The highest BCUT2D eigenvalue weighted by atomic mass is 35.5. The Kier molecular flexibility index (Phi) is 6.66. The van der Waals surface area contributed by atoms with E-state index >= 15 is 0 Å². The molecule has 1 aromatic carbocycles. The summed E-state index contributed by atoms with van der Waals surface area (Å²) in [4.78, 5) is 0. The molecule has 0 aliphatic heterocycles. The van der Waals surface area contributed by atoms with Gasteiger partial charge in [0.05, 0.1) is 5.02 Å². The van der Waals surface area contributed by atoms with Crippen molar-refractivity contribution < 1.29 is 9.47 Å². The molecule has 0 radical (unpaired) electrons. The zero-order valence-corrected chi connectivity index (χ0v) is 11.6. The van der Waals surface area contributed by atoms with E-state index in [1.807, 2.05) is 19.9 Å². The van der Waals surface area contributed by atoms with Gasteiger partial charge in [-0.15, -0.1) is 0 Å². The number of benzene rings is 1. The number of nitrogens with one attached hydrogen (secondary N) is 1. The lowest BCUT2D eigenvalue weighted by molar-refractivity contribution is 0.0218. The minimum absolute atomic E-state index is 0.191. The molecule has 0 fully saturated rings. The number of hydrogen-bond acceptors (Lipinski definition) is 3. The van der Waals surface area contributed by atoms with Crippen LogP contribution in [-0.2, 0) is 11.3 Å². The zero-order valence-electron chi connectivity index (χ0n) is 10.1. The first kappa shape index (κ1) is 14.6. The van der Waals surface area contributed by atoms with Crippen LogP contribution in [-0.4, -0.2) is 19.9 Å². The van der Waals surface area contributed by atoms with E-state index in [1.165, 1.54) is 0 Å². The third-order valence-electron chi connectivity index (χ3n) is 2.14. The van der Waals surface area contributed by atoms with E-state index in [9.17, 15) is 0 Å². The molecule has 0 saturated heterocycles. The van der Waals surface area contributed by atoms with Crippen molar-refractivity contribution in [2.24, 2.45) is 0 Å². The maximum atomic E-state index is 6.10. The lowest BCUT2D eigenvalue weighted by Crippen LogP contribution is -2.14. The average molecular weight is 278 g/mol. The molecule has 0 atom stereocenters. The molecule has 0 amide bonds. The summed E-state index contributed by atoms with van der Waals surface area (Å²) >= 11 is 12.1. The molecule has 0 aromatic heterocycles. The average Bonchev–Trinajstić information content (AvgIpc) is 2.29. The molecular weight excluding hydrogens is 261 g/mol. The number of hydrogen-bond donors (Lipinski definition) is 1. The molecule has 0 aliphatic carbocycles. The monoisotopic (exact) mass is 277 g/mol. The maximum absolute atomic E-state index is 6.10. The summed E-state index contributed by atoms with van der Waals surface area (Å²) in [5.74, 6) is 0.630. The highest BCUT2D eigenvalue weighted by molar-refractivity contribution is 6.35. The lowest BCUT2D eigenvalue weighted by atomic mass is 10.2. The first-order chi connectivity index (χ1) is 8.19. The van der Waals surface area contributed by atoms with Crippen LogP contribution in [0.25, 0.3) is 0 Å². The Bertz CT molecular complexity index is 359. The van der Waals surface area contributed by atoms with Crippen molar-refractivity contribution >= 4 is 23.2 Å². The van der Waals surface area contributed by atoms with E-state index in [-0.39, 0.29) is 6.79 Å². The fraction of sp³-hybridized carbons (Fsp3) is 0.500. The Morgan fingerprint density at radius 1 is 1.24 bits per heavy atom. The van der Waals surface area contributed by atoms with Crippen LogP contribution in [0, 0.1) is 0 Å². The van der Waals surface area contributed by atoms with Gasteiger partial charge in [-0.3, -0.25) is 0 Å². The molecule has 5 heteroatoms. The van der Waals surface area contributed by atoms with E-state index in [0.29, 0.717) is 28.9 Å². The molecule has 17 heavy (non-hydrogen) atoms. The summed E-state index contributed by atoms with van der Waals surface area (Å²) in [6.07, 6.45) is 0. The van der Waals surface area contributed by atoms with Gasteiger partial charge in [-0.1, -0.05) is 30.1 Å². The molecular formula is C12H17Cl2NO2. The quantitative estimate of drug-likeness (QED) is 0.612. The van der Waals surface area contributed by atoms with E-state index in [0.717, 1.165) is 12.1 Å². The van der Waals surface area contributed by atoms with Crippen molar-refractivity contribution in [2.45, 2.75) is 20.4 Å². The van der Waals surface area contributed by atoms with Crippen molar-refractivity contribution in [1.82, 2.24) is 5.32 Å². The van der Waals surface area contributed by atoms with Gasteiger partial charge in [0.15, 0.2) is 6.79 Å². The van der Waals surface area contributed by atoms with E-state index < -0.39 is 0 Å². The first-order valence-corrected chi connectivity index (χ1v) is 6.33. The topological polar surface area (TPSA) is 30.5 Å². The Morgan fingerprint density at radius 2 is 2.00 bits per heavy atom. The summed E-state index contributed by atoms with van der Waals surface area (Å²) in [7, 11) is 0. The fourth-order valence-electron chi connectivity index (χ4n) is 1.35. The molecule has 1 N–H and O–H groups in total. The van der Waals surface area contributed by atoms with E-state index in [2.05, 4.69) is 5.32 Å². The molecule has 3 nitrogen and oxygen atoms in total. The summed E-state index contributed by atoms with van der Waals surface area (Å²) in [6, 6.07) is 3.51. The molecule has 0 bridgehead atoms. The van der Waals surface area contributed by atoms with Crippen LogP contribution in [0.4, 0.5) is 0 Å². The Hall–Kier alpha value is -0.480. The van der Waals surface area contributed by atoms with Crippen molar-refractivity contribution in [3.05, 3.63) is 27.7 Å². The predicted molar refractivity (Wildman–Crippen MR) is 71.0 cm³/mol. The number of halogens is 2. The van der Waals surface area contributed by atoms with Crippen LogP contribution in [0.15, 0.2) is 12.1 Å². The predicted octanol–water partition coefficient (Wildman–Crippen LogP) is 3.48. The third-order valence-corrected chi connectivity index (χ3v) is 2.64. The molecule has 0 heterocycles. The molecule has 96 valence electrons. The molecule has 1 aromatic rings. The van der Waals surface area contributed by atoms with Gasteiger partial charge in [0.1, 0.15) is 5.75 Å². The van der Waals surface area contributed by atoms with Crippen molar-refractivity contribution in [1.29, 1.82) is 0 Å². The summed E-state index contributed by atoms with van der Waals surface area (Å²) in [5, 5.41) is 4.32. The van der Waals surface area contributed by atoms with Gasteiger partial charge < -0.3 is 14.8 Å². The second kappa shape index (κ2) is 7.77. The van der Waals surface area contributed by atoms with Crippen molar-refractivity contribution in [3.8, 4) is 5.75 Å². The van der Waals surface area contributed by atoms with Gasteiger partial charge in [-0.25, -0.2) is 0 Å². The molecule has 0 unspecified atom stereocenters. The largest absolute Gasteiger partial charge is 0.466 e. The molecule has 1 rings (SSSR count). The van der Waals surface area contributed by atoms with Crippen LogP contribution < -0.4 is 10.1 Å². The first-order valence-electron chi connectivity index (χ1n) is 5.58. The zero-order chi connectivity index (χ0) is 12.7. The van der Waals surface area contributed by atoms with Gasteiger partial charge in [0, 0.05) is 23.7 Å². The maximum Gasteiger partial charge on any atom is 0.189 e. The second-order valence-electron chi connectivity index (χ2n) is 3.41. The number of ether oxygens (including phenoxy) is 2. The molecule has 0 aliphatic rings. The Balaban J connectivity index is 2.82. The Morgan fingerprint density at radius 3 is 2.65 bits per heavy atom. The lowest BCUT2D eigenvalue weighted by Gasteiger charge is -2.13. The minimum Gasteiger partial charge on any atom is -0.466 e. The SMILES string of the molecule is CCNCc1cc(Cl)cc(Cl)c1OCOCC. The van der Waals surface area contributed by atoms with Crippen molar-refractivity contribution in [2.75, 3.05) is 19.9 Å². The Labute approximate surface area is 112 Å². The highest BCUT2D eigenvalue weighted by Crippen LogP contribution is 2.32. The van der Waals surface area contributed by atoms with Crippen LogP contribution in [0.2, 0.25) is 10.0 Å². The normalized spacial score (nSPS) is 10.6. The van der Waals surface area contributed by atoms with Crippen LogP contribution in [0.1, 0.15) is 19.4 Å². The van der Waals surface area contributed by atoms with Crippen LogP contribution in [0.3, 0.4) is 0 Å².